The largest absolute Gasteiger partial charge is 0.359 e. The molecule has 4 rings (SSSR count). The molecule has 2 aromatic carbocycles. The van der Waals surface area contributed by atoms with Crippen LogP contribution in [0.4, 0.5) is 9.18 Å². The molecule has 0 spiro atoms. The number of hydrogen-bond acceptors (Lipinski definition) is 4. The van der Waals surface area contributed by atoms with Crippen molar-refractivity contribution in [2.75, 3.05) is 0 Å². The van der Waals surface area contributed by atoms with Crippen LogP contribution in [0.5, 0.6) is 0 Å². The Morgan fingerprint density at radius 2 is 1.81 bits per heavy atom. The van der Waals surface area contributed by atoms with Gasteiger partial charge in [-0.05, 0) is 24.6 Å². The Morgan fingerprint density at radius 3 is 2.52 bits per heavy atom. The van der Waals surface area contributed by atoms with Gasteiger partial charge in [-0.15, -0.1) is 0 Å². The molecule has 1 aliphatic heterocycles. The van der Waals surface area contributed by atoms with E-state index in [0.717, 1.165) is 10.5 Å². The monoisotopic (exact) mass is 365 g/mol. The number of rotatable bonds is 4. The Labute approximate surface area is 154 Å². The number of urea groups is 1. The van der Waals surface area contributed by atoms with E-state index in [9.17, 15) is 14.0 Å². The molecule has 1 N–H and O–H groups in total. The molecule has 6 nitrogen and oxygen atoms in total. The van der Waals surface area contributed by atoms with E-state index in [2.05, 4.69) is 10.5 Å². The van der Waals surface area contributed by atoms with Gasteiger partial charge in [0.1, 0.15) is 17.1 Å². The van der Waals surface area contributed by atoms with Gasteiger partial charge in [0.05, 0.1) is 6.54 Å². The first kappa shape index (κ1) is 17.0. The van der Waals surface area contributed by atoms with Crippen LogP contribution >= 0.6 is 0 Å². The first-order chi connectivity index (χ1) is 13.0. The second-order valence-electron chi connectivity index (χ2n) is 6.50. The van der Waals surface area contributed by atoms with Crippen LogP contribution in [0.25, 0.3) is 11.3 Å². The third-order valence-corrected chi connectivity index (χ3v) is 4.64. The zero-order valence-electron chi connectivity index (χ0n) is 14.5. The molecule has 1 fully saturated rings. The molecule has 0 saturated carbocycles. The summed E-state index contributed by atoms with van der Waals surface area (Å²) >= 11 is 0. The normalized spacial score (nSPS) is 19.4. The summed E-state index contributed by atoms with van der Waals surface area (Å²) in [5.74, 6) is -0.455. The van der Waals surface area contributed by atoms with Crippen LogP contribution in [0.2, 0.25) is 0 Å². The van der Waals surface area contributed by atoms with Gasteiger partial charge >= 0.3 is 6.03 Å². The lowest BCUT2D eigenvalue weighted by Crippen LogP contribution is -2.40. The molecule has 136 valence electrons. The number of aromatic nitrogens is 1. The number of benzene rings is 2. The van der Waals surface area contributed by atoms with Gasteiger partial charge in [0, 0.05) is 11.6 Å². The van der Waals surface area contributed by atoms with Crippen molar-refractivity contribution in [3.05, 3.63) is 77.8 Å². The van der Waals surface area contributed by atoms with Crippen LogP contribution in [-0.2, 0) is 16.9 Å². The second-order valence-corrected chi connectivity index (χ2v) is 6.50. The second kappa shape index (κ2) is 6.35. The van der Waals surface area contributed by atoms with Gasteiger partial charge in [-0.2, -0.15) is 0 Å². The average Bonchev–Trinajstić information content (AvgIpc) is 3.22. The van der Waals surface area contributed by atoms with Crippen LogP contribution in [0.1, 0.15) is 18.2 Å². The standard InChI is InChI=1S/C20H16FN3O3/c1-20(14-7-9-15(21)10-8-14)18(25)24(19(26)22-20)12-16-11-17(23-27-16)13-5-3-2-4-6-13/h2-11H,12H2,1H3,(H,22,26)/t20-/m0/s1. The third kappa shape index (κ3) is 2.97. The summed E-state index contributed by atoms with van der Waals surface area (Å²) in [6.07, 6.45) is 0. The van der Waals surface area contributed by atoms with Crippen molar-refractivity contribution in [1.82, 2.24) is 15.4 Å². The Hall–Kier alpha value is -3.48. The number of hydrogen-bond donors (Lipinski definition) is 1. The molecule has 2 heterocycles. The fourth-order valence-electron chi connectivity index (χ4n) is 3.11. The van der Waals surface area contributed by atoms with Crippen molar-refractivity contribution in [2.24, 2.45) is 0 Å². The van der Waals surface area contributed by atoms with E-state index in [1.54, 1.807) is 13.0 Å². The number of nitrogens with zero attached hydrogens (tertiary/aromatic N) is 2. The van der Waals surface area contributed by atoms with E-state index in [1.165, 1.54) is 24.3 Å². The fraction of sp³-hybridized carbons (Fsp3) is 0.150. The molecule has 7 heteroatoms. The molecule has 3 aromatic rings. The summed E-state index contributed by atoms with van der Waals surface area (Å²) < 4.78 is 18.5. The van der Waals surface area contributed by atoms with Crippen LogP contribution in [-0.4, -0.2) is 22.0 Å². The molecule has 1 aromatic heterocycles. The van der Waals surface area contributed by atoms with Gasteiger partial charge in [0.25, 0.3) is 5.91 Å². The zero-order valence-corrected chi connectivity index (χ0v) is 14.5. The SMILES string of the molecule is C[C@@]1(c2ccc(F)cc2)NC(=O)N(Cc2cc(-c3ccccc3)no2)C1=O. The van der Waals surface area contributed by atoms with E-state index >= 15 is 0 Å². The molecule has 0 aliphatic carbocycles. The molecular weight excluding hydrogens is 349 g/mol. The Morgan fingerprint density at radius 1 is 1.11 bits per heavy atom. The molecule has 1 aliphatic rings. The summed E-state index contributed by atoms with van der Waals surface area (Å²) in [4.78, 5) is 26.3. The third-order valence-electron chi connectivity index (χ3n) is 4.64. The maximum atomic E-state index is 13.2. The molecule has 0 unspecified atom stereocenters. The highest BCUT2D eigenvalue weighted by Gasteiger charge is 2.49. The Balaban J connectivity index is 1.56. The predicted molar refractivity (Wildman–Crippen MR) is 94.8 cm³/mol. The molecule has 0 radical (unpaired) electrons. The maximum absolute atomic E-state index is 13.2. The van der Waals surface area contributed by atoms with Gasteiger partial charge in [-0.1, -0.05) is 47.6 Å². The Kier molecular flexibility index (Phi) is 3.99. The summed E-state index contributed by atoms with van der Waals surface area (Å²) in [7, 11) is 0. The van der Waals surface area contributed by atoms with E-state index in [0.29, 0.717) is 17.0 Å². The van der Waals surface area contributed by atoms with Gasteiger partial charge in [0.15, 0.2) is 5.76 Å². The smallest absolute Gasteiger partial charge is 0.325 e. The average molecular weight is 365 g/mol. The van der Waals surface area contributed by atoms with E-state index in [4.69, 9.17) is 4.52 Å². The number of carbonyl (C=O) groups excluding carboxylic acids is 2. The van der Waals surface area contributed by atoms with E-state index in [1.807, 2.05) is 30.3 Å². The van der Waals surface area contributed by atoms with Crippen molar-refractivity contribution in [2.45, 2.75) is 19.0 Å². The summed E-state index contributed by atoms with van der Waals surface area (Å²) in [5, 5.41) is 6.67. The quantitative estimate of drug-likeness (QED) is 0.719. The summed E-state index contributed by atoms with van der Waals surface area (Å²) in [5.41, 5.74) is 0.750. The van der Waals surface area contributed by atoms with Crippen molar-refractivity contribution in [3.8, 4) is 11.3 Å². The van der Waals surface area contributed by atoms with Crippen LogP contribution in [0.3, 0.4) is 0 Å². The highest BCUT2D eigenvalue weighted by molar-refractivity contribution is 6.07. The van der Waals surface area contributed by atoms with Gasteiger partial charge in [-0.25, -0.2) is 9.18 Å². The molecule has 1 saturated heterocycles. The van der Waals surface area contributed by atoms with Crippen LogP contribution in [0.15, 0.2) is 65.2 Å². The molecular formula is C20H16FN3O3. The lowest BCUT2D eigenvalue weighted by molar-refractivity contribution is -0.131. The predicted octanol–water partition coefficient (Wildman–Crippen LogP) is 3.45. The highest BCUT2D eigenvalue weighted by atomic mass is 19.1. The lowest BCUT2D eigenvalue weighted by Gasteiger charge is -2.21. The topological polar surface area (TPSA) is 75.4 Å². The summed E-state index contributed by atoms with van der Waals surface area (Å²) in [6.45, 7) is 1.55. The van der Waals surface area contributed by atoms with Crippen molar-refractivity contribution in [3.63, 3.8) is 0 Å². The first-order valence-corrected chi connectivity index (χ1v) is 8.38. The first-order valence-electron chi connectivity index (χ1n) is 8.38. The van der Waals surface area contributed by atoms with Crippen molar-refractivity contribution >= 4 is 11.9 Å². The number of imide groups is 1. The van der Waals surface area contributed by atoms with E-state index < -0.39 is 23.3 Å². The number of amides is 3. The van der Waals surface area contributed by atoms with E-state index in [-0.39, 0.29) is 6.54 Å². The molecule has 1 atom stereocenters. The van der Waals surface area contributed by atoms with Gasteiger partial charge in [0.2, 0.25) is 0 Å². The maximum Gasteiger partial charge on any atom is 0.325 e. The minimum Gasteiger partial charge on any atom is -0.359 e. The lowest BCUT2D eigenvalue weighted by atomic mass is 9.92. The Bertz CT molecular complexity index is 1000. The molecule has 27 heavy (non-hydrogen) atoms. The fourth-order valence-corrected chi connectivity index (χ4v) is 3.11. The minimum absolute atomic E-state index is 0.0404. The van der Waals surface area contributed by atoms with Gasteiger partial charge < -0.3 is 9.84 Å². The number of halogens is 1. The number of nitrogens with one attached hydrogen (secondary N) is 1. The number of carbonyl (C=O) groups is 2. The highest BCUT2D eigenvalue weighted by Crippen LogP contribution is 2.30. The molecule has 3 amide bonds. The van der Waals surface area contributed by atoms with Crippen molar-refractivity contribution < 1.29 is 18.5 Å². The molecule has 0 bridgehead atoms. The minimum atomic E-state index is -1.26. The van der Waals surface area contributed by atoms with Crippen molar-refractivity contribution in [1.29, 1.82) is 0 Å². The van der Waals surface area contributed by atoms with Crippen LogP contribution in [0, 0.1) is 5.82 Å². The van der Waals surface area contributed by atoms with Crippen LogP contribution < -0.4 is 5.32 Å². The zero-order chi connectivity index (χ0) is 19.0. The summed E-state index contributed by atoms with van der Waals surface area (Å²) in [6, 6.07) is 16.1. The van der Waals surface area contributed by atoms with Gasteiger partial charge in [-0.3, -0.25) is 9.69 Å².